The van der Waals surface area contributed by atoms with Crippen LogP contribution in [0.15, 0.2) is 23.0 Å². The first kappa shape index (κ1) is 12.2. The Kier molecular flexibility index (Phi) is 3.26. The van der Waals surface area contributed by atoms with E-state index in [9.17, 15) is 4.79 Å². The number of aromatic nitrogens is 2. The fourth-order valence-electron chi connectivity index (χ4n) is 1.92. The first-order valence-electron chi connectivity index (χ1n) is 5.52. The number of H-pyrrole nitrogens is 2. The van der Waals surface area contributed by atoms with E-state index in [4.69, 9.17) is 11.6 Å². The second kappa shape index (κ2) is 4.55. The van der Waals surface area contributed by atoms with Crippen molar-refractivity contribution in [2.24, 2.45) is 0 Å². The highest BCUT2D eigenvalue weighted by atomic mass is 35.5. The maximum absolute atomic E-state index is 11.2. The minimum atomic E-state index is -0.172. The minimum absolute atomic E-state index is 0.0305. The van der Waals surface area contributed by atoms with Crippen molar-refractivity contribution in [3.8, 4) is 0 Å². The van der Waals surface area contributed by atoms with E-state index in [2.05, 4.69) is 29.1 Å². The maximum atomic E-state index is 11.2. The molecular formula is C12H16ClN3O. The molecule has 0 saturated heterocycles. The Morgan fingerprint density at radius 1 is 1.29 bits per heavy atom. The molecule has 0 unspecified atom stereocenters. The van der Waals surface area contributed by atoms with Crippen molar-refractivity contribution in [2.75, 3.05) is 12.5 Å². The van der Waals surface area contributed by atoms with Gasteiger partial charge in [-0.15, -0.1) is 11.6 Å². The van der Waals surface area contributed by atoms with E-state index in [0.29, 0.717) is 6.00 Å². The van der Waals surface area contributed by atoms with Crippen LogP contribution in [-0.4, -0.2) is 22.5 Å². The summed E-state index contributed by atoms with van der Waals surface area (Å²) < 4.78 is 0. The van der Waals surface area contributed by atoms with Gasteiger partial charge in [-0.3, -0.25) is 0 Å². The molecule has 0 radical (unpaired) electrons. The summed E-state index contributed by atoms with van der Waals surface area (Å²) in [5.74, 6) is 0. The van der Waals surface area contributed by atoms with Crippen LogP contribution < -0.4 is 11.0 Å². The first-order chi connectivity index (χ1) is 8.03. The second-order valence-electron chi connectivity index (χ2n) is 4.78. The van der Waals surface area contributed by atoms with Crippen molar-refractivity contribution in [1.29, 1.82) is 0 Å². The molecule has 1 heterocycles. The van der Waals surface area contributed by atoms with Crippen molar-refractivity contribution in [3.63, 3.8) is 0 Å². The molecule has 2 rings (SSSR count). The average Bonchev–Trinajstić information content (AvgIpc) is 2.65. The lowest BCUT2D eigenvalue weighted by Gasteiger charge is -2.25. The molecule has 0 aliphatic heterocycles. The third-order valence-corrected chi connectivity index (χ3v) is 3.15. The van der Waals surface area contributed by atoms with Gasteiger partial charge in [0.25, 0.3) is 0 Å². The zero-order valence-corrected chi connectivity index (χ0v) is 10.7. The topological polar surface area (TPSA) is 60.7 Å². The highest BCUT2D eigenvalue weighted by molar-refractivity contribution is 6.17. The first-order valence-corrected chi connectivity index (χ1v) is 6.05. The van der Waals surface area contributed by atoms with Crippen molar-refractivity contribution < 1.29 is 0 Å². The molecule has 0 bridgehead atoms. The van der Waals surface area contributed by atoms with Gasteiger partial charge in [0.15, 0.2) is 0 Å². The van der Waals surface area contributed by atoms with Crippen LogP contribution >= 0.6 is 11.6 Å². The summed E-state index contributed by atoms with van der Waals surface area (Å²) in [5, 5.41) is 3.13. The summed E-state index contributed by atoms with van der Waals surface area (Å²) in [6, 6.07) is 6.39. The quantitative estimate of drug-likeness (QED) is 0.576. The number of benzene rings is 1. The van der Waals surface area contributed by atoms with E-state index >= 15 is 0 Å². The molecule has 1 aromatic carbocycles. The molecular weight excluding hydrogens is 238 g/mol. The number of imidazole rings is 1. The van der Waals surface area contributed by atoms with Crippen LogP contribution in [0.2, 0.25) is 0 Å². The van der Waals surface area contributed by atoms with Crippen LogP contribution in [-0.2, 0) is 5.41 Å². The summed E-state index contributed by atoms with van der Waals surface area (Å²) in [7, 11) is 0. The van der Waals surface area contributed by atoms with Crippen LogP contribution in [0, 0.1) is 0 Å². The third-order valence-electron chi connectivity index (χ3n) is 2.96. The number of nitrogens with one attached hydrogen (secondary N) is 3. The van der Waals surface area contributed by atoms with E-state index in [1.807, 2.05) is 18.2 Å². The van der Waals surface area contributed by atoms with Crippen LogP contribution in [0.4, 0.5) is 0 Å². The summed E-state index contributed by atoms with van der Waals surface area (Å²) >= 11 is 5.63. The Hall–Kier alpha value is -1.26. The summed E-state index contributed by atoms with van der Waals surface area (Å²) in [6.07, 6.45) is 0. The molecule has 0 atom stereocenters. The molecule has 0 spiro atoms. The molecule has 92 valence electrons. The van der Waals surface area contributed by atoms with Gasteiger partial charge in [-0.2, -0.15) is 0 Å². The zero-order chi connectivity index (χ0) is 12.5. The lowest BCUT2D eigenvalue weighted by atomic mass is 9.84. The van der Waals surface area contributed by atoms with E-state index in [0.717, 1.165) is 23.1 Å². The number of halogens is 1. The van der Waals surface area contributed by atoms with Crippen molar-refractivity contribution in [1.82, 2.24) is 15.3 Å². The molecule has 0 amide bonds. The van der Waals surface area contributed by atoms with Crippen molar-refractivity contribution in [3.05, 3.63) is 34.2 Å². The number of hydrogen-bond donors (Lipinski definition) is 3. The minimum Gasteiger partial charge on any atom is -0.306 e. The number of fused-ring (bicyclic) bond motifs is 1. The highest BCUT2D eigenvalue weighted by Gasteiger charge is 2.20. The van der Waals surface area contributed by atoms with Gasteiger partial charge in [0, 0.05) is 12.0 Å². The molecule has 0 aliphatic rings. The number of rotatable bonds is 4. The van der Waals surface area contributed by atoms with Gasteiger partial charge in [-0.25, -0.2) is 4.79 Å². The lowest BCUT2D eigenvalue weighted by Crippen LogP contribution is -2.32. The van der Waals surface area contributed by atoms with Gasteiger partial charge >= 0.3 is 5.69 Å². The Balaban J connectivity index is 2.37. The van der Waals surface area contributed by atoms with Crippen LogP contribution in [0.25, 0.3) is 11.0 Å². The van der Waals surface area contributed by atoms with Crippen molar-refractivity contribution in [2.45, 2.75) is 19.3 Å². The predicted octanol–water partition coefficient (Wildman–Crippen LogP) is 1.92. The number of alkyl halides is 1. The summed E-state index contributed by atoms with van der Waals surface area (Å²) in [4.78, 5) is 16.7. The average molecular weight is 254 g/mol. The van der Waals surface area contributed by atoms with Gasteiger partial charge in [0.05, 0.1) is 17.0 Å². The molecule has 5 heteroatoms. The van der Waals surface area contributed by atoms with Gasteiger partial charge in [0.1, 0.15) is 0 Å². The molecule has 2 aromatic rings. The largest absolute Gasteiger partial charge is 0.323 e. The molecule has 0 saturated carbocycles. The Morgan fingerprint density at radius 3 is 2.71 bits per heavy atom. The van der Waals surface area contributed by atoms with Crippen LogP contribution in [0.3, 0.4) is 0 Å². The Morgan fingerprint density at radius 2 is 2.00 bits per heavy atom. The summed E-state index contributed by atoms with van der Waals surface area (Å²) in [6.45, 7) is 5.06. The van der Waals surface area contributed by atoms with Gasteiger partial charge in [0.2, 0.25) is 0 Å². The highest BCUT2D eigenvalue weighted by Crippen LogP contribution is 2.24. The van der Waals surface area contributed by atoms with Crippen molar-refractivity contribution >= 4 is 22.6 Å². The Bertz CT molecular complexity index is 570. The van der Waals surface area contributed by atoms with E-state index in [1.54, 1.807) is 0 Å². The normalized spacial score (nSPS) is 12.2. The fourth-order valence-corrected chi connectivity index (χ4v) is 2.01. The molecule has 4 nitrogen and oxygen atoms in total. The van der Waals surface area contributed by atoms with Crippen LogP contribution in [0.5, 0.6) is 0 Å². The zero-order valence-electron chi connectivity index (χ0n) is 9.93. The molecule has 3 N–H and O–H groups in total. The molecule has 17 heavy (non-hydrogen) atoms. The molecule has 0 aliphatic carbocycles. The molecule has 1 aromatic heterocycles. The summed E-state index contributed by atoms with van der Waals surface area (Å²) in [5.41, 5.74) is 2.63. The molecule has 0 fully saturated rings. The lowest BCUT2D eigenvalue weighted by molar-refractivity contribution is 0.489. The fraction of sp³-hybridized carbons (Fsp3) is 0.417. The smallest absolute Gasteiger partial charge is 0.306 e. The third kappa shape index (κ3) is 2.53. The van der Waals surface area contributed by atoms with Gasteiger partial charge in [-0.1, -0.05) is 19.9 Å². The van der Waals surface area contributed by atoms with Gasteiger partial charge in [-0.05, 0) is 17.7 Å². The SMILES string of the molecule is CC(C)(CNCCl)c1ccc2[nH]c(=O)[nH]c2c1. The van der Waals surface area contributed by atoms with Gasteiger partial charge < -0.3 is 15.3 Å². The standard InChI is InChI=1S/C12H16ClN3O/c1-12(2,6-14-7-13)8-3-4-9-10(5-8)16-11(17)15-9/h3-5,14H,6-7H2,1-2H3,(H2,15,16,17). The van der Waals surface area contributed by atoms with E-state index in [1.165, 1.54) is 0 Å². The second-order valence-corrected chi connectivity index (χ2v) is 5.05. The van der Waals surface area contributed by atoms with Crippen LogP contribution in [0.1, 0.15) is 19.4 Å². The predicted molar refractivity (Wildman–Crippen MR) is 70.7 cm³/mol. The maximum Gasteiger partial charge on any atom is 0.323 e. The number of aromatic amines is 2. The monoisotopic (exact) mass is 253 g/mol. The van der Waals surface area contributed by atoms with E-state index < -0.39 is 0 Å². The number of hydrogen-bond acceptors (Lipinski definition) is 2. The Labute approximate surface area is 104 Å². The van der Waals surface area contributed by atoms with E-state index in [-0.39, 0.29) is 11.1 Å².